The average Bonchev–Trinajstić information content (AvgIpc) is 0.760. The van der Waals surface area contributed by atoms with Crippen molar-refractivity contribution >= 4 is 70.5 Å². The molecule has 130 heavy (non-hydrogen) atoms. The van der Waals surface area contributed by atoms with Gasteiger partial charge in [-0.1, -0.05) is 61.3 Å². The highest BCUT2D eigenvalue weighted by molar-refractivity contribution is 6.32. The van der Waals surface area contributed by atoms with E-state index in [0.29, 0.717) is 16.8 Å². The van der Waals surface area contributed by atoms with Gasteiger partial charge in [-0.15, -0.1) is 13.2 Å². The van der Waals surface area contributed by atoms with Crippen LogP contribution in [0.2, 0.25) is 10.0 Å². The Bertz CT molecular complexity index is 5400. The molecule has 40 nitrogen and oxygen atoms in total. The molecule has 8 aliphatic heterocycles. The van der Waals surface area contributed by atoms with Crippen LogP contribution in [0.5, 0.6) is 51.7 Å². The fourth-order valence-corrected chi connectivity index (χ4v) is 16.3. The highest BCUT2D eigenvalue weighted by Crippen LogP contribution is 2.51. The van der Waals surface area contributed by atoms with Crippen molar-refractivity contribution in [2.75, 3.05) is 20.2 Å². The van der Waals surface area contributed by atoms with Crippen LogP contribution in [-0.4, -0.2) is 250 Å². The largest absolute Gasteiger partial charge is 0.573 e. The number of benzene rings is 6. The first kappa shape index (κ1) is 96.1. The van der Waals surface area contributed by atoms with Crippen LogP contribution in [0.15, 0.2) is 121 Å². The molecule has 24 N–H and O–H groups in total. The van der Waals surface area contributed by atoms with Crippen LogP contribution in [0.25, 0.3) is 22.4 Å². The lowest BCUT2D eigenvalue weighted by atomic mass is 9.86. The van der Waals surface area contributed by atoms with Gasteiger partial charge in [-0.05, 0) is 146 Å². The van der Waals surface area contributed by atoms with Gasteiger partial charge in [0.15, 0.2) is 30.1 Å². The molecule has 0 saturated carbocycles. The summed E-state index contributed by atoms with van der Waals surface area (Å²) in [5, 5.41) is 159. The highest BCUT2D eigenvalue weighted by Gasteiger charge is 2.53. The van der Waals surface area contributed by atoms with Gasteiger partial charge < -0.3 is 158 Å². The first-order valence-corrected chi connectivity index (χ1v) is 41.4. The minimum absolute atomic E-state index is 0.0199. The topological polar surface area (TPSA) is 624 Å². The number of alkyl halides is 3. The number of carbonyl (C=O) groups is 8. The number of nitrogens with two attached hydrogens (primary N) is 2. The molecule has 11 bridgehead atoms. The van der Waals surface area contributed by atoms with Gasteiger partial charge >= 0.3 is 12.3 Å². The second-order valence-corrected chi connectivity index (χ2v) is 33.4. The lowest BCUT2D eigenvalue weighted by Crippen LogP contribution is -2.65. The number of aliphatic hydroxyl groups is 8. The number of rotatable bonds is 21. The third kappa shape index (κ3) is 21.4. The zero-order valence-corrected chi connectivity index (χ0v) is 70.9. The van der Waals surface area contributed by atoms with Gasteiger partial charge in [0, 0.05) is 59.6 Å². The molecule has 45 heteroatoms. The maximum Gasteiger partial charge on any atom is 0.573 e. The number of likely N-dealkylation sites (N-methyl/N-ethyl adjacent to an activating group) is 1. The normalized spacial score (nSPS) is 29.2. The molecule has 23 atom stereocenters. The maximum absolute atomic E-state index is 16.4. The van der Waals surface area contributed by atoms with E-state index in [1.54, 1.807) is 26.0 Å². The van der Waals surface area contributed by atoms with Gasteiger partial charge in [0.05, 0.1) is 47.0 Å². The fraction of sp³-hybridized carbons (Fsp3) is 0.424. The number of hydrogen-bond donors (Lipinski definition) is 22. The number of aromatic hydroxyl groups is 3. The van der Waals surface area contributed by atoms with Crippen molar-refractivity contribution in [1.82, 2.24) is 47.5 Å². The van der Waals surface area contributed by atoms with Crippen LogP contribution in [0.3, 0.4) is 0 Å². The number of carboxylic acids is 1. The third-order valence-electron chi connectivity index (χ3n) is 22.6. The number of nitrogens with one attached hydrogen (secondary N) is 8. The number of halogens is 5. The molecule has 6 aromatic carbocycles. The Morgan fingerprint density at radius 2 is 1.31 bits per heavy atom. The molecular weight excluding hydrogens is 1770 g/mol. The summed E-state index contributed by atoms with van der Waals surface area (Å²) in [4.78, 5) is 125. The smallest absolute Gasteiger partial charge is 0.508 e. The minimum atomic E-state index is -4.91. The molecule has 7 aromatic rings. The molecule has 7 amide bonds. The van der Waals surface area contributed by atoms with E-state index in [0.717, 1.165) is 78.9 Å². The van der Waals surface area contributed by atoms with Crippen molar-refractivity contribution in [2.45, 2.75) is 200 Å². The minimum Gasteiger partial charge on any atom is -0.508 e. The molecule has 0 radical (unpaired) electrons. The zero-order chi connectivity index (χ0) is 94.1. The van der Waals surface area contributed by atoms with E-state index < -0.39 is 296 Å². The van der Waals surface area contributed by atoms with Crippen LogP contribution in [0.4, 0.5) is 13.2 Å². The Hall–Kier alpha value is -11.4. The number of phenols is 3. The number of phenolic OH excluding ortho intramolecular Hbond substituents is 3. The van der Waals surface area contributed by atoms with E-state index in [2.05, 4.69) is 52.3 Å². The van der Waals surface area contributed by atoms with Gasteiger partial charge in [-0.3, -0.25) is 38.5 Å². The second-order valence-electron chi connectivity index (χ2n) is 32.6. The van der Waals surface area contributed by atoms with E-state index in [1.165, 1.54) is 51.4 Å². The number of fused-ring (bicyclic) bond motifs is 15. The van der Waals surface area contributed by atoms with Crippen LogP contribution in [0.1, 0.15) is 111 Å². The number of carbonyl (C=O) groups excluding carboxylic acids is 7. The number of aliphatic carboxylic acids is 1. The molecule has 8 aliphatic rings. The predicted octanol–water partition coefficient (Wildman–Crippen LogP) is 1.69. The monoisotopic (exact) mass is 1860 g/mol. The molecule has 9 heterocycles. The predicted molar refractivity (Wildman–Crippen MR) is 443 cm³/mol. The van der Waals surface area contributed by atoms with Gasteiger partial charge in [-0.25, -0.2) is 4.79 Å². The summed E-state index contributed by atoms with van der Waals surface area (Å²) in [6, 6.07) is 6.75. The molecule has 3 saturated heterocycles. The number of aromatic nitrogens is 1. The number of carboxylic acid groups (broad SMARTS) is 1. The molecule has 698 valence electrons. The molecule has 15 rings (SSSR count). The molecule has 3 fully saturated rings. The first-order chi connectivity index (χ1) is 61.5. The summed E-state index contributed by atoms with van der Waals surface area (Å²) in [5.74, 6) is -17.5. The number of primary amides is 1. The number of ether oxygens (including phenoxy) is 9. The number of aliphatic hydroxyl groups excluding tert-OH is 8. The molecule has 4 unspecified atom stereocenters. The van der Waals surface area contributed by atoms with E-state index in [-0.39, 0.29) is 43.0 Å². The number of pyridine rings is 1. The highest BCUT2D eigenvalue weighted by atomic mass is 35.5. The lowest BCUT2D eigenvalue weighted by molar-refractivity contribution is -0.350. The van der Waals surface area contributed by atoms with Crippen LogP contribution in [0, 0.1) is 5.92 Å². The summed E-state index contributed by atoms with van der Waals surface area (Å²) in [6.07, 6.45) is -33.4. The molecule has 0 aliphatic carbocycles. The Morgan fingerprint density at radius 3 is 1.92 bits per heavy atom. The van der Waals surface area contributed by atoms with Gasteiger partial charge in [-0.2, -0.15) is 0 Å². The van der Waals surface area contributed by atoms with Crippen molar-refractivity contribution < 1.29 is 155 Å². The van der Waals surface area contributed by atoms with E-state index in [1.807, 2.05) is 0 Å². The van der Waals surface area contributed by atoms with E-state index in [9.17, 15) is 88.8 Å². The van der Waals surface area contributed by atoms with Crippen molar-refractivity contribution in [2.24, 2.45) is 17.4 Å². The Kier molecular flexibility index (Phi) is 29.4. The quantitative estimate of drug-likeness (QED) is 0.0487. The van der Waals surface area contributed by atoms with Crippen molar-refractivity contribution in [3.05, 3.63) is 165 Å². The van der Waals surface area contributed by atoms with Crippen LogP contribution >= 0.6 is 23.2 Å². The summed E-state index contributed by atoms with van der Waals surface area (Å²) in [5.41, 5.74) is 9.19. The summed E-state index contributed by atoms with van der Waals surface area (Å²) >= 11 is 14.5. The molecule has 0 spiro atoms. The third-order valence-corrected chi connectivity index (χ3v) is 23.2. The molecule has 1 aromatic heterocycles. The van der Waals surface area contributed by atoms with Crippen molar-refractivity contribution in [3.8, 4) is 74.1 Å². The van der Waals surface area contributed by atoms with Crippen molar-refractivity contribution in [3.63, 3.8) is 0 Å². The lowest BCUT2D eigenvalue weighted by Gasteiger charge is -2.46. The van der Waals surface area contributed by atoms with Crippen LogP contribution < -0.4 is 72.9 Å². The van der Waals surface area contributed by atoms with E-state index in [4.69, 9.17) is 72.6 Å². The first-order valence-electron chi connectivity index (χ1n) is 40.6. The number of nitrogens with zero attached hydrogens (tertiary/aromatic N) is 1. The van der Waals surface area contributed by atoms with Gasteiger partial charge in [0.2, 0.25) is 53.4 Å². The average molecular weight is 1860 g/mol. The zero-order valence-electron chi connectivity index (χ0n) is 69.4. The fourth-order valence-electron chi connectivity index (χ4n) is 15.9. The summed E-state index contributed by atoms with van der Waals surface area (Å²) in [6.45, 7) is 5.05. The number of hydrogen-bond acceptors (Lipinski definition) is 32. The Balaban J connectivity index is 0.939. The Morgan fingerprint density at radius 1 is 0.677 bits per heavy atom. The van der Waals surface area contributed by atoms with Crippen LogP contribution in [-0.2, 0) is 68.6 Å². The van der Waals surface area contributed by atoms with Gasteiger partial charge in [0.1, 0.15) is 126 Å². The SMILES string of the molecule is CN[C@H](CC(C)C)C(=O)NC1C(=O)NC(CC(N)=O)C(=O)N[C@H]2C(=O)NC3C(=O)N[C@H](C(=O)NC(C(=O)O)c4cc(O)cc(O)c4-c4cc3ccc4O)[C@H](O[C@H]3C[C@](C)(N)[C@@H](O)[C@H](C)O3)c3ccc(c(Cl)c3)Oc3cc2cc(c3O[C@@H]2O[C@H](CO)[C@@H](O[C@@H]3O[C@H](CNCc4ccc(-c5ccc(OC(F)(F)F)cc5)nc4)[C@H](O)[C@H](O)[C@H]3O)[C@H](O)[C@H]2O)Oc2ccc(cc2Cl)[C@H]1O. The maximum atomic E-state index is 16.4. The summed E-state index contributed by atoms with van der Waals surface area (Å²) in [7, 11) is 1.45. The second kappa shape index (κ2) is 39.7. The summed E-state index contributed by atoms with van der Waals surface area (Å²) < 4.78 is 93.5. The standard InChI is InChI=1S/C85H94Cl2F3N11O29/c1-32(2)18-47(93-5)75(114)100-63-65(107)37-10-16-51(44(86)20-37)123-53-22-39-23-54(72(53)128-83-70(112)68(110)73(56(31-102)126-83)129-82-69(111)67(109)66(108)55(125-82)30-94-28-34-6-14-46(95-29-34)35-7-12-41(13-8-35)130-85(88,89)90)124-52-17-11-38(21-45(52)87)71(127-58-27-84(4,92)74(113)33(3)122-58)64-80(119)99-62(81(120)121)43-24-40(103)25-50(105)59(43)42-19-36(9-15-49(42)104)60(77(116)101-64)98-78(117)61(39)97-76(115)48(26-57(91)106)96-79(63)118/h6-17,19-25,29,32-33,47-48,55-56,58,60-71,73-74,82-83,93-94,102-105,107-113H,18,26-28,30-31,92H2,1-5H3,(H2,91,106)(H,96,118)(H,97,115)(H,98,117)(H,99,119)(H,100,114)(H,101,116)(H,120,121)/t33-,47+,48?,55+,56+,58-,60?,61+,62?,63?,64-,65+,66-,67-,68+,69+,70+,71+,73+,74-,82-,83-,84-/m0/s1. The Labute approximate surface area is 746 Å². The number of amides is 7. The van der Waals surface area contributed by atoms with Gasteiger partial charge in [0.25, 0.3) is 0 Å². The van der Waals surface area contributed by atoms with E-state index >= 15 is 24.0 Å². The molecular formula is C85H94Cl2F3N11O29. The van der Waals surface area contributed by atoms with Crippen molar-refractivity contribution in [1.29, 1.82) is 0 Å².